The van der Waals surface area contributed by atoms with Gasteiger partial charge in [-0.3, -0.25) is 0 Å². The molecule has 0 saturated carbocycles. The number of aromatic nitrogens is 1. The first-order valence-corrected chi connectivity index (χ1v) is 5.41. The van der Waals surface area contributed by atoms with Gasteiger partial charge in [0.05, 0.1) is 5.60 Å². The average Bonchev–Trinajstić information content (AvgIpc) is 2.76. The largest absolute Gasteiger partial charge is 0.374 e. The van der Waals surface area contributed by atoms with E-state index in [0.29, 0.717) is 5.88 Å². The molecule has 1 heterocycles. The minimum absolute atomic E-state index is 0.316. The summed E-state index contributed by atoms with van der Waals surface area (Å²) in [5.41, 5.74) is 7.96. The molecular formula is C13H16N2O2. The third kappa shape index (κ3) is 2.31. The van der Waals surface area contributed by atoms with Gasteiger partial charge in [-0.2, -0.15) is 0 Å². The van der Waals surface area contributed by atoms with Crippen molar-refractivity contribution in [1.82, 2.24) is 5.16 Å². The molecule has 90 valence electrons. The Kier molecular flexibility index (Phi) is 2.90. The van der Waals surface area contributed by atoms with Crippen molar-refractivity contribution in [3.05, 3.63) is 35.9 Å². The molecule has 0 aliphatic rings. The van der Waals surface area contributed by atoms with Gasteiger partial charge in [-0.15, -0.1) is 0 Å². The second-order valence-corrected chi connectivity index (χ2v) is 4.41. The van der Waals surface area contributed by atoms with Crippen LogP contribution in [0.25, 0.3) is 11.3 Å². The van der Waals surface area contributed by atoms with Crippen LogP contribution in [0.2, 0.25) is 0 Å². The highest BCUT2D eigenvalue weighted by atomic mass is 16.5. The predicted octanol–water partition coefficient (Wildman–Crippen LogP) is 2.81. The lowest BCUT2D eigenvalue weighted by molar-refractivity contribution is 0.0192. The molecule has 0 spiro atoms. The Hall–Kier alpha value is -1.81. The van der Waals surface area contributed by atoms with Crippen LogP contribution < -0.4 is 5.73 Å². The van der Waals surface area contributed by atoms with Gasteiger partial charge in [-0.1, -0.05) is 23.4 Å². The minimum Gasteiger partial charge on any atom is -0.374 e. The summed E-state index contributed by atoms with van der Waals surface area (Å²) in [6.45, 7) is 4.03. The fraction of sp³-hybridized carbons (Fsp3) is 0.308. The van der Waals surface area contributed by atoms with Crippen LogP contribution in [-0.2, 0) is 10.3 Å². The molecule has 0 fully saturated rings. The number of rotatable bonds is 3. The van der Waals surface area contributed by atoms with Gasteiger partial charge in [-0.05, 0) is 25.5 Å². The van der Waals surface area contributed by atoms with E-state index in [1.165, 1.54) is 0 Å². The number of ether oxygens (including phenoxy) is 1. The lowest BCUT2D eigenvalue weighted by atomic mass is 9.95. The molecule has 2 N–H and O–H groups in total. The molecule has 0 aliphatic carbocycles. The molecular weight excluding hydrogens is 216 g/mol. The third-order valence-electron chi connectivity index (χ3n) is 2.89. The fourth-order valence-electron chi connectivity index (χ4n) is 1.60. The predicted molar refractivity (Wildman–Crippen MR) is 66.4 cm³/mol. The lowest BCUT2D eigenvalue weighted by Gasteiger charge is -2.23. The molecule has 1 aromatic heterocycles. The van der Waals surface area contributed by atoms with Gasteiger partial charge in [0.2, 0.25) is 5.88 Å². The minimum atomic E-state index is -0.328. The second-order valence-electron chi connectivity index (χ2n) is 4.41. The topological polar surface area (TPSA) is 61.3 Å². The van der Waals surface area contributed by atoms with Crippen molar-refractivity contribution in [3.63, 3.8) is 0 Å². The van der Waals surface area contributed by atoms with Crippen LogP contribution in [0.4, 0.5) is 5.88 Å². The van der Waals surface area contributed by atoms with Crippen molar-refractivity contribution in [2.75, 3.05) is 12.8 Å². The summed E-state index contributed by atoms with van der Waals surface area (Å²) in [6, 6.07) is 9.69. The van der Waals surface area contributed by atoms with E-state index in [0.717, 1.165) is 16.8 Å². The van der Waals surface area contributed by atoms with Gasteiger partial charge in [0.25, 0.3) is 0 Å². The van der Waals surface area contributed by atoms with Crippen LogP contribution in [0, 0.1) is 0 Å². The molecule has 0 radical (unpaired) electrons. The molecule has 0 saturated heterocycles. The molecule has 1 aromatic carbocycles. The molecule has 4 nitrogen and oxygen atoms in total. The molecule has 0 amide bonds. The quantitative estimate of drug-likeness (QED) is 0.883. The monoisotopic (exact) mass is 232 g/mol. The Bertz CT molecular complexity index is 518. The van der Waals surface area contributed by atoms with Crippen LogP contribution in [0.5, 0.6) is 0 Å². The zero-order chi connectivity index (χ0) is 12.5. The molecule has 0 bridgehead atoms. The average molecular weight is 232 g/mol. The molecule has 0 atom stereocenters. The van der Waals surface area contributed by atoms with E-state index in [2.05, 4.69) is 5.16 Å². The highest BCUT2D eigenvalue weighted by Crippen LogP contribution is 2.28. The van der Waals surface area contributed by atoms with Crippen molar-refractivity contribution in [2.45, 2.75) is 19.4 Å². The molecule has 2 aromatic rings. The molecule has 2 rings (SSSR count). The van der Waals surface area contributed by atoms with E-state index < -0.39 is 0 Å². The maximum absolute atomic E-state index is 5.51. The highest BCUT2D eigenvalue weighted by Gasteiger charge is 2.20. The number of nitrogen functional groups attached to an aromatic ring is 1. The number of hydrogen-bond donors (Lipinski definition) is 1. The van der Waals surface area contributed by atoms with Crippen molar-refractivity contribution >= 4 is 5.88 Å². The summed E-state index contributed by atoms with van der Waals surface area (Å²) >= 11 is 0. The number of anilines is 1. The van der Waals surface area contributed by atoms with Crippen molar-refractivity contribution in [1.29, 1.82) is 0 Å². The van der Waals surface area contributed by atoms with Gasteiger partial charge in [0.1, 0.15) is 5.69 Å². The zero-order valence-corrected chi connectivity index (χ0v) is 10.2. The Balaban J connectivity index is 2.42. The van der Waals surface area contributed by atoms with Crippen LogP contribution in [0.3, 0.4) is 0 Å². The first-order chi connectivity index (χ1) is 8.03. The van der Waals surface area contributed by atoms with Gasteiger partial charge in [0.15, 0.2) is 0 Å². The van der Waals surface area contributed by atoms with Crippen LogP contribution >= 0.6 is 0 Å². The Morgan fingerprint density at radius 3 is 2.65 bits per heavy atom. The smallest absolute Gasteiger partial charge is 0.222 e. The Morgan fingerprint density at radius 2 is 2.06 bits per heavy atom. The number of nitrogens with two attached hydrogens (primary N) is 1. The molecule has 4 heteroatoms. The highest BCUT2D eigenvalue weighted by molar-refractivity contribution is 5.62. The summed E-state index contributed by atoms with van der Waals surface area (Å²) in [4.78, 5) is 0. The molecule has 0 aliphatic heterocycles. The van der Waals surface area contributed by atoms with E-state index >= 15 is 0 Å². The SMILES string of the molecule is COC(C)(C)c1cccc(-c2cc(N)on2)c1. The zero-order valence-electron chi connectivity index (χ0n) is 10.2. The standard InChI is InChI=1S/C13H16N2O2/c1-13(2,16-3)10-6-4-5-9(7-10)11-8-12(14)17-15-11/h4-8H,14H2,1-3H3. The van der Waals surface area contributed by atoms with E-state index in [1.54, 1.807) is 13.2 Å². The van der Waals surface area contributed by atoms with E-state index in [-0.39, 0.29) is 5.60 Å². The second kappa shape index (κ2) is 4.22. The first kappa shape index (κ1) is 11.7. The normalized spacial score (nSPS) is 11.7. The van der Waals surface area contributed by atoms with Gasteiger partial charge >= 0.3 is 0 Å². The number of hydrogen-bond acceptors (Lipinski definition) is 4. The molecule has 17 heavy (non-hydrogen) atoms. The van der Waals surface area contributed by atoms with E-state index in [9.17, 15) is 0 Å². The lowest BCUT2D eigenvalue weighted by Crippen LogP contribution is -2.19. The van der Waals surface area contributed by atoms with Gasteiger partial charge in [-0.25, -0.2) is 0 Å². The fourth-order valence-corrected chi connectivity index (χ4v) is 1.60. The van der Waals surface area contributed by atoms with Crippen molar-refractivity contribution in [3.8, 4) is 11.3 Å². The Labute approximate surface area is 100 Å². The first-order valence-electron chi connectivity index (χ1n) is 5.41. The van der Waals surface area contributed by atoms with E-state index in [1.807, 2.05) is 38.1 Å². The van der Waals surface area contributed by atoms with Gasteiger partial charge < -0.3 is 15.0 Å². The van der Waals surface area contributed by atoms with Crippen LogP contribution in [-0.4, -0.2) is 12.3 Å². The van der Waals surface area contributed by atoms with Gasteiger partial charge in [0, 0.05) is 18.7 Å². The summed E-state index contributed by atoms with van der Waals surface area (Å²) < 4.78 is 10.3. The summed E-state index contributed by atoms with van der Waals surface area (Å²) in [7, 11) is 1.70. The summed E-state index contributed by atoms with van der Waals surface area (Å²) in [6.07, 6.45) is 0. The number of methoxy groups -OCH3 is 1. The van der Waals surface area contributed by atoms with Crippen LogP contribution in [0.15, 0.2) is 34.9 Å². The summed E-state index contributed by atoms with van der Waals surface area (Å²) in [5.74, 6) is 0.316. The summed E-state index contributed by atoms with van der Waals surface area (Å²) in [5, 5.41) is 3.89. The van der Waals surface area contributed by atoms with Crippen LogP contribution in [0.1, 0.15) is 19.4 Å². The Morgan fingerprint density at radius 1 is 1.29 bits per heavy atom. The van der Waals surface area contributed by atoms with E-state index in [4.69, 9.17) is 15.0 Å². The number of benzene rings is 1. The third-order valence-corrected chi connectivity index (χ3v) is 2.89. The van der Waals surface area contributed by atoms with Crippen molar-refractivity contribution < 1.29 is 9.26 Å². The maximum atomic E-state index is 5.51. The van der Waals surface area contributed by atoms with Crippen molar-refractivity contribution in [2.24, 2.45) is 0 Å². The number of nitrogens with zero attached hydrogens (tertiary/aromatic N) is 1. The molecule has 0 unspecified atom stereocenters. The maximum Gasteiger partial charge on any atom is 0.222 e.